The maximum Gasteiger partial charge on any atom is 0.434 e. The molecule has 2 heterocycles. The van der Waals surface area contributed by atoms with E-state index in [2.05, 4.69) is 4.99 Å². The number of rotatable bonds is 7. The highest BCUT2D eigenvalue weighted by Gasteiger charge is 2.45. The van der Waals surface area contributed by atoms with E-state index in [0.717, 1.165) is 10.1 Å². The van der Waals surface area contributed by atoms with Crippen LogP contribution in [0.3, 0.4) is 0 Å². The largest absolute Gasteiger partial charge is 0.487 e. The number of thiazole rings is 1. The number of hydrogen-bond donors (Lipinski definition) is 0. The topological polar surface area (TPSA) is 69.9 Å². The molecule has 0 saturated heterocycles. The monoisotopic (exact) mass is 666 g/mol. The van der Waals surface area contributed by atoms with Crippen molar-refractivity contribution in [2.24, 2.45) is 4.99 Å². The van der Waals surface area contributed by atoms with Crippen LogP contribution in [0.1, 0.15) is 29.7 Å². The molecular formula is C30H20Cl3F3N2O4S. The van der Waals surface area contributed by atoms with E-state index in [-0.39, 0.29) is 43.9 Å². The molecule has 3 aromatic carbocycles. The van der Waals surface area contributed by atoms with Crippen molar-refractivity contribution in [1.82, 2.24) is 4.57 Å². The second-order valence-corrected chi connectivity index (χ2v) is 11.5. The Morgan fingerprint density at radius 1 is 1.05 bits per heavy atom. The molecule has 6 nitrogen and oxygen atoms in total. The Kier molecular flexibility index (Phi) is 9.03. The molecule has 0 fully saturated rings. The number of allylic oxidation sites excluding steroid dienone is 1. The molecule has 1 aliphatic rings. The fourth-order valence-electron chi connectivity index (χ4n) is 4.51. The summed E-state index contributed by atoms with van der Waals surface area (Å²) in [5.74, 6) is -1.02. The summed E-state index contributed by atoms with van der Waals surface area (Å²) in [4.78, 5) is 30.4. The third-order valence-corrected chi connectivity index (χ3v) is 8.06. The summed E-state index contributed by atoms with van der Waals surface area (Å²) in [5, 5.41) is 0.735. The SMILES string of the molecule is CCOC(=O)C1=C(C(F)(F)F)N=c2s/c(=C\c3cc(Cl)cc(Cl)c3OCc3ccccc3)c(=O)n2[C@@H]1c1ccc(Cl)cc1. The molecular weight excluding hydrogens is 648 g/mol. The molecule has 0 aliphatic carbocycles. The van der Waals surface area contributed by atoms with E-state index >= 15 is 0 Å². The van der Waals surface area contributed by atoms with Crippen molar-refractivity contribution in [3.63, 3.8) is 0 Å². The third-order valence-electron chi connectivity index (χ3n) is 6.33. The molecule has 0 amide bonds. The van der Waals surface area contributed by atoms with Crippen LogP contribution in [0.2, 0.25) is 15.1 Å². The molecule has 0 saturated carbocycles. The minimum absolute atomic E-state index is 0.00670. The summed E-state index contributed by atoms with van der Waals surface area (Å²) in [5.41, 5.74) is -1.58. The number of fused-ring (bicyclic) bond motifs is 1. The lowest BCUT2D eigenvalue weighted by atomic mass is 9.95. The summed E-state index contributed by atoms with van der Waals surface area (Å²) in [7, 11) is 0. The Bertz CT molecular complexity index is 1900. The molecule has 1 aromatic heterocycles. The highest BCUT2D eigenvalue weighted by Crippen LogP contribution is 2.39. The van der Waals surface area contributed by atoms with Crippen LogP contribution in [0.4, 0.5) is 13.2 Å². The second kappa shape index (κ2) is 12.6. The molecule has 4 aromatic rings. The smallest absolute Gasteiger partial charge is 0.434 e. The first-order chi connectivity index (χ1) is 20.5. The number of carbonyl (C=O) groups excluding carboxylic acids is 1. The first kappa shape index (κ1) is 30.9. The summed E-state index contributed by atoms with van der Waals surface area (Å²) in [6.07, 6.45) is -3.61. The van der Waals surface area contributed by atoms with Gasteiger partial charge in [-0.2, -0.15) is 13.2 Å². The summed E-state index contributed by atoms with van der Waals surface area (Å²) >= 11 is 19.5. The maximum atomic E-state index is 14.3. The van der Waals surface area contributed by atoms with Crippen molar-refractivity contribution in [2.75, 3.05) is 6.61 Å². The second-order valence-electron chi connectivity index (χ2n) is 9.20. The van der Waals surface area contributed by atoms with E-state index in [4.69, 9.17) is 44.3 Å². The molecule has 1 atom stereocenters. The molecule has 0 N–H and O–H groups in total. The number of carbonyl (C=O) groups is 1. The first-order valence-corrected chi connectivity index (χ1v) is 14.6. The highest BCUT2D eigenvalue weighted by molar-refractivity contribution is 7.07. The predicted molar refractivity (Wildman–Crippen MR) is 159 cm³/mol. The number of alkyl halides is 3. The van der Waals surface area contributed by atoms with Crippen LogP contribution >= 0.6 is 46.1 Å². The zero-order valence-corrected chi connectivity index (χ0v) is 25.2. The van der Waals surface area contributed by atoms with Crippen molar-refractivity contribution in [2.45, 2.75) is 25.7 Å². The van der Waals surface area contributed by atoms with Gasteiger partial charge in [-0.15, -0.1) is 0 Å². The van der Waals surface area contributed by atoms with E-state index in [9.17, 15) is 22.8 Å². The molecule has 0 radical (unpaired) electrons. The standard InChI is InChI=1S/C30H20Cl3F3N2O4S/c1-2-41-28(40)23-24(17-8-10-19(31)11-9-17)38-27(39)22(43-29(38)37-26(23)30(34,35)36)13-18-12-20(32)14-21(33)25(18)42-15-16-6-4-3-5-7-16/h3-14,24H,2,15H2,1H3/b22-13-/t24-/m1/s1. The van der Waals surface area contributed by atoms with Crippen LogP contribution in [-0.2, 0) is 16.1 Å². The maximum absolute atomic E-state index is 14.3. The first-order valence-electron chi connectivity index (χ1n) is 12.7. The van der Waals surface area contributed by atoms with Gasteiger partial charge in [0, 0.05) is 15.6 Å². The van der Waals surface area contributed by atoms with Gasteiger partial charge < -0.3 is 9.47 Å². The number of hydrogen-bond acceptors (Lipinski definition) is 6. The normalized spacial score (nSPS) is 15.2. The Morgan fingerprint density at radius 2 is 1.74 bits per heavy atom. The van der Waals surface area contributed by atoms with Gasteiger partial charge in [0.15, 0.2) is 10.5 Å². The van der Waals surface area contributed by atoms with Crippen LogP contribution < -0.4 is 19.6 Å². The number of benzene rings is 3. The van der Waals surface area contributed by atoms with Crippen molar-refractivity contribution < 1.29 is 27.4 Å². The van der Waals surface area contributed by atoms with Crippen molar-refractivity contribution in [3.05, 3.63) is 129 Å². The van der Waals surface area contributed by atoms with Crippen molar-refractivity contribution >= 4 is 58.2 Å². The van der Waals surface area contributed by atoms with Crippen LogP contribution in [0.25, 0.3) is 6.08 Å². The van der Waals surface area contributed by atoms with Crippen LogP contribution in [0, 0.1) is 0 Å². The minimum atomic E-state index is -5.03. The molecule has 5 rings (SSSR count). The number of esters is 1. The Morgan fingerprint density at radius 3 is 2.40 bits per heavy atom. The average Bonchev–Trinajstić information content (AvgIpc) is 3.26. The number of ether oxygens (including phenoxy) is 2. The zero-order valence-electron chi connectivity index (χ0n) is 22.1. The van der Waals surface area contributed by atoms with Crippen molar-refractivity contribution in [1.29, 1.82) is 0 Å². The molecule has 222 valence electrons. The molecule has 0 spiro atoms. The van der Waals surface area contributed by atoms with Gasteiger partial charge in [0.25, 0.3) is 5.56 Å². The van der Waals surface area contributed by atoms with Gasteiger partial charge in [-0.25, -0.2) is 9.79 Å². The molecule has 0 unspecified atom stereocenters. The van der Waals surface area contributed by atoms with E-state index in [0.29, 0.717) is 21.9 Å². The molecule has 0 bridgehead atoms. The quantitative estimate of drug-likeness (QED) is 0.202. The summed E-state index contributed by atoms with van der Waals surface area (Å²) in [6.45, 7) is 1.43. The van der Waals surface area contributed by atoms with Crippen molar-refractivity contribution in [3.8, 4) is 5.75 Å². The minimum Gasteiger partial charge on any atom is -0.487 e. The van der Waals surface area contributed by atoms with E-state index in [1.807, 2.05) is 30.3 Å². The molecule has 13 heteroatoms. The lowest BCUT2D eigenvalue weighted by Crippen LogP contribution is -2.41. The molecule has 1 aliphatic heterocycles. The fourth-order valence-corrected chi connectivity index (χ4v) is 6.19. The lowest BCUT2D eigenvalue weighted by Gasteiger charge is -2.26. The summed E-state index contributed by atoms with van der Waals surface area (Å²) < 4.78 is 55.1. The van der Waals surface area contributed by atoms with Gasteiger partial charge in [0.05, 0.1) is 27.8 Å². The van der Waals surface area contributed by atoms with E-state index in [1.165, 1.54) is 49.4 Å². The Labute approximate surface area is 261 Å². The number of nitrogens with zero attached hydrogens (tertiary/aromatic N) is 2. The van der Waals surface area contributed by atoms with Gasteiger partial charge in [-0.3, -0.25) is 9.36 Å². The van der Waals surface area contributed by atoms with Gasteiger partial charge in [0.2, 0.25) is 0 Å². The average molecular weight is 668 g/mol. The zero-order chi connectivity index (χ0) is 30.9. The van der Waals surface area contributed by atoms with Gasteiger partial charge >= 0.3 is 12.1 Å². The summed E-state index contributed by atoms with van der Waals surface area (Å²) in [6, 6.07) is 16.6. The number of halogens is 6. The number of aromatic nitrogens is 1. The van der Waals surface area contributed by atoms with Crippen LogP contribution in [0.5, 0.6) is 5.75 Å². The Balaban J connectivity index is 1.72. The Hall–Kier alpha value is -3.57. The molecule has 43 heavy (non-hydrogen) atoms. The fraction of sp³-hybridized carbons (Fsp3) is 0.167. The van der Waals surface area contributed by atoms with Gasteiger partial charge in [-0.05, 0) is 48.4 Å². The van der Waals surface area contributed by atoms with E-state index < -0.39 is 35.0 Å². The van der Waals surface area contributed by atoms with E-state index in [1.54, 1.807) is 0 Å². The highest BCUT2D eigenvalue weighted by atomic mass is 35.5. The predicted octanol–water partition coefficient (Wildman–Crippen LogP) is 6.88. The third kappa shape index (κ3) is 6.52. The van der Waals surface area contributed by atoms with Crippen LogP contribution in [0.15, 0.2) is 87.8 Å². The lowest BCUT2D eigenvalue weighted by molar-refractivity contribution is -0.140. The van der Waals surface area contributed by atoms with Gasteiger partial charge in [0.1, 0.15) is 12.4 Å². The van der Waals surface area contributed by atoms with Crippen LogP contribution in [-0.4, -0.2) is 23.3 Å². The van der Waals surface area contributed by atoms with Gasteiger partial charge in [-0.1, -0.05) is 88.6 Å².